The Balaban J connectivity index is 2.70. The van der Waals surface area contributed by atoms with Crippen molar-refractivity contribution >= 4 is 16.9 Å². The van der Waals surface area contributed by atoms with Gasteiger partial charge in [0.25, 0.3) is 0 Å². The second-order valence-electron chi connectivity index (χ2n) is 2.52. The molecule has 4 nitrogen and oxygen atoms in total. The number of Topliss-reactive ketones (excluding diaryl/α,β-unsaturated/α-hetero) is 1. The van der Waals surface area contributed by atoms with Crippen LogP contribution in [0.2, 0.25) is 0 Å². The smallest absolute Gasteiger partial charge is 0.195 e. The first-order chi connectivity index (χ1) is 5.77. The van der Waals surface area contributed by atoms with Crippen LogP contribution in [-0.4, -0.2) is 20.7 Å². The summed E-state index contributed by atoms with van der Waals surface area (Å²) in [6.45, 7) is 1.47. The second kappa shape index (κ2) is 2.41. The third kappa shape index (κ3) is 0.972. The maximum Gasteiger partial charge on any atom is 0.195 e. The van der Waals surface area contributed by atoms with Gasteiger partial charge in [-0.25, -0.2) is 9.97 Å². The van der Waals surface area contributed by atoms with Crippen molar-refractivity contribution in [3.8, 4) is 0 Å². The van der Waals surface area contributed by atoms with Gasteiger partial charge in [0.1, 0.15) is 0 Å². The van der Waals surface area contributed by atoms with E-state index < -0.39 is 0 Å². The summed E-state index contributed by atoms with van der Waals surface area (Å²) >= 11 is 0. The van der Waals surface area contributed by atoms with Crippen molar-refractivity contribution in [1.29, 1.82) is 0 Å². The number of aromatic nitrogens is 3. The number of hydrogen-bond donors (Lipinski definition) is 1. The molecule has 2 aromatic rings. The van der Waals surface area contributed by atoms with Crippen LogP contribution < -0.4 is 0 Å². The first-order valence-corrected chi connectivity index (χ1v) is 3.59. The van der Waals surface area contributed by atoms with E-state index in [9.17, 15) is 4.79 Å². The number of imidazole rings is 1. The first-order valence-electron chi connectivity index (χ1n) is 3.59. The molecule has 0 spiro atoms. The molecule has 0 radical (unpaired) electrons. The molecule has 0 unspecified atom stereocenters. The van der Waals surface area contributed by atoms with Gasteiger partial charge in [-0.2, -0.15) is 0 Å². The molecular weight excluding hydrogens is 154 g/mol. The molecule has 0 aliphatic heterocycles. The number of hydrogen-bond acceptors (Lipinski definition) is 3. The maximum absolute atomic E-state index is 10.9. The molecule has 0 bridgehead atoms. The van der Waals surface area contributed by atoms with Crippen LogP contribution in [0.1, 0.15) is 17.5 Å². The van der Waals surface area contributed by atoms with E-state index in [2.05, 4.69) is 15.0 Å². The summed E-state index contributed by atoms with van der Waals surface area (Å²) in [5.74, 6) is 0.289. The summed E-state index contributed by atoms with van der Waals surface area (Å²) in [5.41, 5.74) is 1.38. The number of ketones is 1. The van der Waals surface area contributed by atoms with Crippen LogP contribution >= 0.6 is 0 Å². The molecule has 1 N–H and O–H groups in total. The van der Waals surface area contributed by atoms with E-state index >= 15 is 0 Å². The van der Waals surface area contributed by atoms with Gasteiger partial charge in [-0.05, 0) is 12.1 Å². The number of carbonyl (C=O) groups is 1. The van der Waals surface area contributed by atoms with E-state index in [0.29, 0.717) is 11.5 Å². The van der Waals surface area contributed by atoms with Gasteiger partial charge in [0.15, 0.2) is 17.3 Å². The fourth-order valence-corrected chi connectivity index (χ4v) is 1.01. The normalized spacial score (nSPS) is 10.4. The Morgan fingerprint density at radius 1 is 1.58 bits per heavy atom. The van der Waals surface area contributed by atoms with E-state index in [1.807, 2.05) is 6.07 Å². The predicted molar refractivity (Wildman–Crippen MR) is 43.9 cm³/mol. The Bertz CT molecular complexity index is 400. The minimum Gasteiger partial charge on any atom is -0.334 e. The average molecular weight is 161 g/mol. The monoisotopic (exact) mass is 161 g/mol. The highest BCUT2D eigenvalue weighted by Gasteiger charge is 2.05. The highest BCUT2D eigenvalue weighted by molar-refractivity contribution is 5.93. The fourth-order valence-electron chi connectivity index (χ4n) is 1.01. The molecular formula is C8H7N3O. The predicted octanol–water partition coefficient (Wildman–Crippen LogP) is 1.16. The van der Waals surface area contributed by atoms with Gasteiger partial charge in [-0.15, -0.1) is 0 Å². The molecule has 0 saturated heterocycles. The largest absolute Gasteiger partial charge is 0.334 e. The van der Waals surface area contributed by atoms with Gasteiger partial charge in [-0.3, -0.25) is 4.79 Å². The number of pyridine rings is 1. The van der Waals surface area contributed by atoms with Crippen molar-refractivity contribution in [3.63, 3.8) is 0 Å². The number of nitrogens with one attached hydrogen (secondary N) is 1. The molecule has 2 aromatic heterocycles. The topological polar surface area (TPSA) is 58.6 Å². The summed E-state index contributed by atoms with van der Waals surface area (Å²) in [4.78, 5) is 21.8. The Hall–Kier alpha value is -1.71. The van der Waals surface area contributed by atoms with Gasteiger partial charge in [0, 0.05) is 13.1 Å². The molecule has 4 heteroatoms. The standard InChI is InChI=1S/C8H7N3O/c1-5(12)7-10-6-3-2-4-9-8(6)11-7/h2-4H,1H3,(H,9,10,11). The van der Waals surface area contributed by atoms with Crippen molar-refractivity contribution in [2.24, 2.45) is 0 Å². The number of carbonyl (C=O) groups excluding carboxylic acids is 1. The lowest BCUT2D eigenvalue weighted by molar-refractivity contribution is 0.100. The van der Waals surface area contributed by atoms with Crippen LogP contribution in [0, 0.1) is 0 Å². The Kier molecular flexibility index (Phi) is 1.40. The Labute approximate surface area is 68.7 Å². The zero-order valence-electron chi connectivity index (χ0n) is 6.53. The van der Waals surface area contributed by atoms with E-state index in [-0.39, 0.29) is 5.78 Å². The van der Waals surface area contributed by atoms with E-state index in [0.717, 1.165) is 5.52 Å². The molecule has 0 amide bonds. The molecule has 60 valence electrons. The molecule has 0 aromatic carbocycles. The summed E-state index contributed by atoms with van der Waals surface area (Å²) < 4.78 is 0. The second-order valence-corrected chi connectivity index (χ2v) is 2.52. The van der Waals surface area contributed by atoms with E-state index in [1.165, 1.54) is 6.92 Å². The molecule has 0 aliphatic rings. The summed E-state index contributed by atoms with van der Waals surface area (Å²) in [6, 6.07) is 3.63. The molecule has 0 atom stereocenters. The number of nitrogens with zero attached hydrogens (tertiary/aromatic N) is 2. The fraction of sp³-hybridized carbons (Fsp3) is 0.125. The highest BCUT2D eigenvalue weighted by Crippen LogP contribution is 2.06. The van der Waals surface area contributed by atoms with Crippen molar-refractivity contribution in [3.05, 3.63) is 24.2 Å². The molecule has 12 heavy (non-hydrogen) atoms. The van der Waals surface area contributed by atoms with Gasteiger partial charge < -0.3 is 4.98 Å². The van der Waals surface area contributed by atoms with Crippen molar-refractivity contribution < 1.29 is 4.79 Å². The zero-order chi connectivity index (χ0) is 8.55. The number of H-pyrrole nitrogens is 1. The molecule has 0 saturated carbocycles. The third-order valence-electron chi connectivity index (χ3n) is 1.59. The SMILES string of the molecule is CC(=O)c1nc2ncccc2[nH]1. The van der Waals surface area contributed by atoms with Crippen LogP contribution in [0.4, 0.5) is 0 Å². The Morgan fingerprint density at radius 2 is 2.42 bits per heavy atom. The molecule has 0 aliphatic carbocycles. The number of aromatic amines is 1. The summed E-state index contributed by atoms with van der Waals surface area (Å²) in [6.07, 6.45) is 1.65. The van der Waals surface area contributed by atoms with Crippen molar-refractivity contribution in [2.75, 3.05) is 0 Å². The van der Waals surface area contributed by atoms with Crippen molar-refractivity contribution in [1.82, 2.24) is 15.0 Å². The Morgan fingerprint density at radius 3 is 3.08 bits per heavy atom. The van der Waals surface area contributed by atoms with Crippen LogP contribution in [-0.2, 0) is 0 Å². The van der Waals surface area contributed by atoms with Gasteiger partial charge in [-0.1, -0.05) is 0 Å². The van der Waals surface area contributed by atoms with Crippen LogP contribution in [0.3, 0.4) is 0 Å². The molecule has 2 rings (SSSR count). The van der Waals surface area contributed by atoms with Gasteiger partial charge in [0.2, 0.25) is 0 Å². The molecule has 2 heterocycles. The van der Waals surface area contributed by atoms with Crippen molar-refractivity contribution in [2.45, 2.75) is 6.92 Å². The van der Waals surface area contributed by atoms with Gasteiger partial charge in [0.05, 0.1) is 5.52 Å². The highest BCUT2D eigenvalue weighted by atomic mass is 16.1. The maximum atomic E-state index is 10.9. The number of rotatable bonds is 1. The minimum atomic E-state index is -0.0759. The third-order valence-corrected chi connectivity index (χ3v) is 1.59. The first kappa shape index (κ1) is 6.97. The van der Waals surface area contributed by atoms with E-state index in [1.54, 1.807) is 12.3 Å². The summed E-state index contributed by atoms with van der Waals surface area (Å²) in [7, 11) is 0. The lowest BCUT2D eigenvalue weighted by atomic mass is 10.4. The average Bonchev–Trinajstić information content (AvgIpc) is 2.46. The summed E-state index contributed by atoms with van der Waals surface area (Å²) in [5, 5.41) is 0. The molecule has 0 fully saturated rings. The van der Waals surface area contributed by atoms with Gasteiger partial charge >= 0.3 is 0 Å². The van der Waals surface area contributed by atoms with Crippen LogP contribution in [0.15, 0.2) is 18.3 Å². The number of fused-ring (bicyclic) bond motifs is 1. The van der Waals surface area contributed by atoms with Crippen LogP contribution in [0.25, 0.3) is 11.2 Å². The lowest BCUT2D eigenvalue weighted by Crippen LogP contribution is -1.93. The van der Waals surface area contributed by atoms with Crippen LogP contribution in [0.5, 0.6) is 0 Å². The quantitative estimate of drug-likeness (QED) is 0.638. The lowest BCUT2D eigenvalue weighted by Gasteiger charge is -1.81. The zero-order valence-corrected chi connectivity index (χ0v) is 6.53. The van der Waals surface area contributed by atoms with E-state index in [4.69, 9.17) is 0 Å². The minimum absolute atomic E-state index is 0.0759.